The van der Waals surface area contributed by atoms with E-state index in [0.717, 1.165) is 86.8 Å². The van der Waals surface area contributed by atoms with Crippen molar-refractivity contribution in [2.45, 2.75) is 19.3 Å². The zero-order valence-electron chi connectivity index (χ0n) is 22.8. The van der Waals surface area contributed by atoms with E-state index in [2.05, 4.69) is 62.3 Å². The van der Waals surface area contributed by atoms with Gasteiger partial charge in [0.15, 0.2) is 0 Å². The third-order valence-electron chi connectivity index (χ3n) is 7.24. The van der Waals surface area contributed by atoms with Crippen molar-refractivity contribution in [3.8, 4) is 39.4 Å². The second kappa shape index (κ2) is 10.9. The Labute approximate surface area is 232 Å². The summed E-state index contributed by atoms with van der Waals surface area (Å²) in [6, 6.07) is 15.5. The number of aromatic amines is 2. The largest absolute Gasteiger partial charge is 0.495 e. The molecule has 0 saturated heterocycles. The number of halogens is 1. The summed E-state index contributed by atoms with van der Waals surface area (Å²) in [5, 5.41) is 9.73. The van der Waals surface area contributed by atoms with Crippen LogP contribution in [0.3, 0.4) is 0 Å². The standard InChI is InChI=1S/C32H31FN6O/c1-39(2)9-5-4-6-20-10-22(12-24(33)11-20)28-18-35-19-31-26(28)15-30(36-31)32-27-14-21(7-8-29(27)37-38-32)23-13-25(40-3)17-34-16-23/h7-8,10-19,36H,4-6,9H2,1-3H3,(H,37,38). The summed E-state index contributed by atoms with van der Waals surface area (Å²) in [6.45, 7) is 1.03. The highest BCUT2D eigenvalue weighted by Gasteiger charge is 2.16. The Bertz CT molecular complexity index is 1800. The summed E-state index contributed by atoms with van der Waals surface area (Å²) < 4.78 is 20.1. The van der Waals surface area contributed by atoms with Crippen molar-refractivity contribution in [2.75, 3.05) is 27.7 Å². The molecule has 0 saturated carbocycles. The molecular weight excluding hydrogens is 503 g/mol. The summed E-state index contributed by atoms with van der Waals surface area (Å²) in [5.41, 5.74) is 8.14. The minimum absolute atomic E-state index is 0.231. The van der Waals surface area contributed by atoms with Crippen molar-refractivity contribution in [1.29, 1.82) is 0 Å². The van der Waals surface area contributed by atoms with Gasteiger partial charge in [-0.1, -0.05) is 12.1 Å². The Morgan fingerprint density at radius 1 is 0.825 bits per heavy atom. The number of H-pyrrole nitrogens is 2. The van der Waals surface area contributed by atoms with Gasteiger partial charge in [0, 0.05) is 34.3 Å². The number of benzene rings is 2. The van der Waals surface area contributed by atoms with Crippen LogP contribution in [0.2, 0.25) is 0 Å². The Balaban J connectivity index is 1.36. The fourth-order valence-corrected chi connectivity index (χ4v) is 5.20. The van der Waals surface area contributed by atoms with Crippen LogP contribution in [0.1, 0.15) is 18.4 Å². The van der Waals surface area contributed by atoms with E-state index in [0.29, 0.717) is 5.75 Å². The average Bonchev–Trinajstić information content (AvgIpc) is 3.58. The van der Waals surface area contributed by atoms with Gasteiger partial charge < -0.3 is 14.6 Å². The molecule has 7 nitrogen and oxygen atoms in total. The topological polar surface area (TPSA) is 82.7 Å². The lowest BCUT2D eigenvalue weighted by Gasteiger charge is -2.10. The number of nitrogens with one attached hydrogen (secondary N) is 2. The maximum Gasteiger partial charge on any atom is 0.137 e. The molecule has 0 bridgehead atoms. The fraction of sp³-hybridized carbons (Fsp3) is 0.219. The highest BCUT2D eigenvalue weighted by Crippen LogP contribution is 2.35. The van der Waals surface area contributed by atoms with Crippen LogP contribution in [0.15, 0.2) is 73.3 Å². The third kappa shape index (κ3) is 5.18. The van der Waals surface area contributed by atoms with Gasteiger partial charge in [-0.15, -0.1) is 0 Å². The van der Waals surface area contributed by atoms with Gasteiger partial charge >= 0.3 is 0 Å². The average molecular weight is 535 g/mol. The molecule has 0 spiro atoms. The molecule has 4 heterocycles. The van der Waals surface area contributed by atoms with Gasteiger partial charge in [0.05, 0.1) is 36.2 Å². The predicted octanol–water partition coefficient (Wildman–Crippen LogP) is 6.87. The molecular formula is C32H31FN6O. The first-order valence-electron chi connectivity index (χ1n) is 13.4. The van der Waals surface area contributed by atoms with E-state index in [-0.39, 0.29) is 5.82 Å². The number of methoxy groups -OCH3 is 1. The molecule has 4 aromatic heterocycles. The van der Waals surface area contributed by atoms with Crippen molar-refractivity contribution >= 4 is 21.8 Å². The van der Waals surface area contributed by atoms with Gasteiger partial charge in [-0.05, 0) is 93.0 Å². The Hall–Kier alpha value is -4.56. The van der Waals surface area contributed by atoms with Crippen LogP contribution >= 0.6 is 0 Å². The molecule has 0 aliphatic rings. The van der Waals surface area contributed by atoms with E-state index >= 15 is 0 Å². The number of hydrogen-bond donors (Lipinski definition) is 2. The molecule has 6 rings (SSSR count). The SMILES string of the molecule is COc1cncc(-c2ccc3[nH]nc(-c4cc5c(-c6cc(F)cc(CCCCN(C)C)c6)cncc5[nH]4)c3c2)c1. The molecule has 2 aromatic carbocycles. The third-order valence-corrected chi connectivity index (χ3v) is 7.24. The monoisotopic (exact) mass is 534 g/mol. The summed E-state index contributed by atoms with van der Waals surface area (Å²) in [6.07, 6.45) is 10.0. The number of nitrogens with zero attached hydrogens (tertiary/aromatic N) is 4. The molecule has 0 amide bonds. The lowest BCUT2D eigenvalue weighted by molar-refractivity contribution is 0.394. The summed E-state index contributed by atoms with van der Waals surface area (Å²) in [5.74, 6) is 0.473. The Kier molecular flexibility index (Phi) is 7.00. The van der Waals surface area contributed by atoms with Crippen molar-refractivity contribution in [1.82, 2.24) is 30.0 Å². The number of aryl methyl sites for hydroxylation is 1. The van der Waals surface area contributed by atoms with E-state index in [4.69, 9.17) is 4.74 Å². The number of rotatable bonds is 9. The second-order valence-corrected chi connectivity index (χ2v) is 10.4. The van der Waals surface area contributed by atoms with Gasteiger partial charge in [0.1, 0.15) is 17.3 Å². The fourth-order valence-electron chi connectivity index (χ4n) is 5.20. The number of ether oxygens (including phenoxy) is 1. The minimum Gasteiger partial charge on any atom is -0.495 e. The molecule has 0 aliphatic heterocycles. The molecule has 0 radical (unpaired) electrons. The Morgan fingerprint density at radius 3 is 2.55 bits per heavy atom. The maximum atomic E-state index is 14.7. The summed E-state index contributed by atoms with van der Waals surface area (Å²) in [7, 11) is 5.78. The van der Waals surface area contributed by atoms with E-state index in [1.807, 2.05) is 24.4 Å². The smallest absolute Gasteiger partial charge is 0.137 e. The molecule has 6 aromatic rings. The second-order valence-electron chi connectivity index (χ2n) is 10.4. The predicted molar refractivity (Wildman–Crippen MR) is 158 cm³/mol. The van der Waals surface area contributed by atoms with E-state index in [9.17, 15) is 4.39 Å². The first-order valence-corrected chi connectivity index (χ1v) is 13.4. The maximum absolute atomic E-state index is 14.7. The lowest BCUT2D eigenvalue weighted by atomic mass is 9.99. The molecule has 0 atom stereocenters. The van der Waals surface area contributed by atoms with Crippen molar-refractivity contribution < 1.29 is 9.13 Å². The van der Waals surface area contributed by atoms with Crippen LogP contribution in [0, 0.1) is 5.82 Å². The minimum atomic E-state index is -0.231. The van der Waals surface area contributed by atoms with Gasteiger partial charge in [-0.25, -0.2) is 4.39 Å². The molecule has 40 heavy (non-hydrogen) atoms. The normalized spacial score (nSPS) is 11.6. The van der Waals surface area contributed by atoms with E-state index < -0.39 is 0 Å². The van der Waals surface area contributed by atoms with E-state index in [1.54, 1.807) is 37.8 Å². The van der Waals surface area contributed by atoms with Crippen LogP contribution in [-0.4, -0.2) is 57.8 Å². The number of fused-ring (bicyclic) bond motifs is 2. The number of pyridine rings is 2. The van der Waals surface area contributed by atoms with Gasteiger partial charge in [-0.2, -0.15) is 5.10 Å². The highest BCUT2D eigenvalue weighted by atomic mass is 19.1. The zero-order chi connectivity index (χ0) is 27.6. The first kappa shape index (κ1) is 25.7. The van der Waals surface area contributed by atoms with Crippen LogP contribution < -0.4 is 4.74 Å². The number of unbranched alkanes of at least 4 members (excludes halogenated alkanes) is 1. The lowest BCUT2D eigenvalue weighted by Crippen LogP contribution is -2.12. The van der Waals surface area contributed by atoms with Gasteiger partial charge in [0.25, 0.3) is 0 Å². The van der Waals surface area contributed by atoms with Gasteiger partial charge in [-0.3, -0.25) is 15.1 Å². The Morgan fingerprint density at radius 2 is 1.70 bits per heavy atom. The molecule has 202 valence electrons. The van der Waals surface area contributed by atoms with Crippen LogP contribution in [0.5, 0.6) is 5.75 Å². The number of hydrogen-bond acceptors (Lipinski definition) is 5. The zero-order valence-corrected chi connectivity index (χ0v) is 22.8. The molecule has 0 fully saturated rings. The van der Waals surface area contributed by atoms with Crippen molar-refractivity contribution in [2.24, 2.45) is 0 Å². The summed E-state index contributed by atoms with van der Waals surface area (Å²) >= 11 is 0. The molecule has 0 unspecified atom stereocenters. The van der Waals surface area contributed by atoms with Crippen LogP contribution in [-0.2, 0) is 6.42 Å². The first-order chi connectivity index (χ1) is 19.5. The van der Waals surface area contributed by atoms with E-state index in [1.165, 1.54) is 0 Å². The van der Waals surface area contributed by atoms with Gasteiger partial charge in [0.2, 0.25) is 0 Å². The number of aromatic nitrogens is 5. The van der Waals surface area contributed by atoms with Crippen LogP contribution in [0.4, 0.5) is 4.39 Å². The molecule has 2 N–H and O–H groups in total. The molecule has 0 aliphatic carbocycles. The van der Waals surface area contributed by atoms with Crippen molar-refractivity contribution in [3.63, 3.8) is 0 Å². The summed E-state index contributed by atoms with van der Waals surface area (Å²) in [4.78, 5) is 14.4. The highest BCUT2D eigenvalue weighted by molar-refractivity contribution is 6.01. The van der Waals surface area contributed by atoms with Crippen molar-refractivity contribution in [3.05, 3.63) is 84.7 Å². The molecule has 8 heteroatoms. The quantitative estimate of drug-likeness (QED) is 0.198. The van der Waals surface area contributed by atoms with Crippen LogP contribution in [0.25, 0.3) is 55.4 Å².